The number of carboxylic acids is 1. The van der Waals surface area contributed by atoms with Crippen LogP contribution in [-0.4, -0.2) is 67.5 Å². The van der Waals surface area contributed by atoms with Crippen LogP contribution in [0.15, 0.2) is 0 Å². The van der Waals surface area contributed by atoms with E-state index in [1.54, 1.807) is 7.11 Å². The Morgan fingerprint density at radius 2 is 1.86 bits per heavy atom. The lowest BCUT2D eigenvalue weighted by Gasteiger charge is -2.33. The number of piperidine rings is 1. The first-order valence-electron chi connectivity index (χ1n) is 7.66. The summed E-state index contributed by atoms with van der Waals surface area (Å²) in [6.07, 6.45) is 1.53. The lowest BCUT2D eigenvalue weighted by Crippen LogP contribution is -2.47. The summed E-state index contributed by atoms with van der Waals surface area (Å²) in [7, 11) is -1.87. The second-order valence-corrected chi connectivity index (χ2v) is 8.85. The number of rotatable bonds is 5. The van der Waals surface area contributed by atoms with Gasteiger partial charge in [-0.15, -0.1) is 0 Å². The zero-order chi connectivity index (χ0) is 16.5. The Morgan fingerprint density at radius 3 is 2.36 bits per heavy atom. The van der Waals surface area contributed by atoms with E-state index in [9.17, 15) is 13.2 Å². The first-order chi connectivity index (χ1) is 10.2. The van der Waals surface area contributed by atoms with Crippen molar-refractivity contribution < 1.29 is 23.1 Å². The predicted octanol–water partition coefficient (Wildman–Crippen LogP) is 0.775. The molecule has 22 heavy (non-hydrogen) atoms. The van der Waals surface area contributed by atoms with E-state index in [2.05, 4.69) is 0 Å². The molecule has 128 valence electrons. The summed E-state index contributed by atoms with van der Waals surface area (Å²) in [5, 5.41) is 9.01. The van der Waals surface area contributed by atoms with E-state index in [1.807, 2.05) is 13.8 Å². The molecular weight excluding hydrogens is 308 g/mol. The Bertz CT molecular complexity index is 511. The van der Waals surface area contributed by atoms with Crippen molar-refractivity contribution in [3.8, 4) is 0 Å². The predicted molar refractivity (Wildman–Crippen MR) is 81.6 cm³/mol. The van der Waals surface area contributed by atoms with Gasteiger partial charge in [-0.25, -0.2) is 0 Å². The molecule has 0 aromatic carbocycles. The van der Waals surface area contributed by atoms with Crippen molar-refractivity contribution >= 4 is 16.2 Å². The van der Waals surface area contributed by atoms with Crippen LogP contribution >= 0.6 is 0 Å². The third kappa shape index (κ3) is 3.61. The Labute approximate surface area is 132 Å². The van der Waals surface area contributed by atoms with E-state index in [0.29, 0.717) is 32.5 Å². The number of hydrogen-bond donors (Lipinski definition) is 1. The fourth-order valence-corrected chi connectivity index (χ4v) is 5.19. The molecule has 0 bridgehead atoms. The smallest absolute Gasteiger partial charge is 0.303 e. The maximum Gasteiger partial charge on any atom is 0.303 e. The van der Waals surface area contributed by atoms with Crippen molar-refractivity contribution in [2.45, 2.75) is 39.2 Å². The van der Waals surface area contributed by atoms with E-state index >= 15 is 0 Å². The molecule has 0 spiro atoms. The van der Waals surface area contributed by atoms with Gasteiger partial charge in [0, 0.05) is 39.7 Å². The first kappa shape index (κ1) is 17.7. The second-order valence-electron chi connectivity index (χ2n) is 6.92. The molecule has 0 aromatic heterocycles. The minimum absolute atomic E-state index is 0.00473. The quantitative estimate of drug-likeness (QED) is 0.802. The molecule has 0 amide bonds. The average Bonchev–Trinajstić information content (AvgIpc) is 2.74. The highest BCUT2D eigenvalue weighted by molar-refractivity contribution is 7.86. The molecule has 0 aliphatic carbocycles. The van der Waals surface area contributed by atoms with Crippen LogP contribution in [0, 0.1) is 11.3 Å². The van der Waals surface area contributed by atoms with Gasteiger partial charge in [-0.1, -0.05) is 13.8 Å². The Balaban J connectivity index is 2.06. The van der Waals surface area contributed by atoms with Crippen LogP contribution in [0.4, 0.5) is 0 Å². The van der Waals surface area contributed by atoms with Gasteiger partial charge in [0.05, 0.1) is 6.10 Å². The van der Waals surface area contributed by atoms with Gasteiger partial charge in [0.1, 0.15) is 0 Å². The third-order valence-electron chi connectivity index (χ3n) is 4.92. The van der Waals surface area contributed by atoms with Crippen molar-refractivity contribution in [1.82, 2.24) is 8.61 Å². The summed E-state index contributed by atoms with van der Waals surface area (Å²) in [4.78, 5) is 11.0. The van der Waals surface area contributed by atoms with Gasteiger partial charge in [0.15, 0.2) is 0 Å². The molecule has 1 atom stereocenters. The van der Waals surface area contributed by atoms with E-state index in [4.69, 9.17) is 9.84 Å². The molecule has 2 fully saturated rings. The maximum absolute atomic E-state index is 12.8. The van der Waals surface area contributed by atoms with Crippen LogP contribution in [0.1, 0.15) is 33.1 Å². The summed E-state index contributed by atoms with van der Waals surface area (Å²) < 4.78 is 33.8. The first-order valence-corrected chi connectivity index (χ1v) is 9.06. The molecule has 2 heterocycles. The topological polar surface area (TPSA) is 87.2 Å². The Hall–Kier alpha value is -0.700. The number of nitrogens with zero attached hydrogens (tertiary/aromatic N) is 2. The number of carboxylic acid groups (broad SMARTS) is 1. The number of aliphatic carboxylic acids is 1. The third-order valence-corrected chi connectivity index (χ3v) is 6.87. The molecular formula is C14H26N2O5S. The van der Waals surface area contributed by atoms with Crippen LogP contribution in [0.5, 0.6) is 0 Å². The van der Waals surface area contributed by atoms with Crippen LogP contribution in [0.3, 0.4) is 0 Å². The van der Waals surface area contributed by atoms with Gasteiger partial charge in [-0.2, -0.15) is 17.0 Å². The molecule has 0 saturated carbocycles. The minimum Gasteiger partial charge on any atom is -0.481 e. The van der Waals surface area contributed by atoms with Crippen molar-refractivity contribution in [2.75, 3.05) is 33.3 Å². The molecule has 8 heteroatoms. The van der Waals surface area contributed by atoms with Gasteiger partial charge in [0.2, 0.25) is 0 Å². The largest absolute Gasteiger partial charge is 0.481 e. The van der Waals surface area contributed by atoms with Crippen molar-refractivity contribution in [1.29, 1.82) is 0 Å². The molecule has 0 aromatic rings. The number of hydrogen-bond acceptors (Lipinski definition) is 4. The summed E-state index contributed by atoms with van der Waals surface area (Å²) in [6.45, 7) is 5.45. The summed E-state index contributed by atoms with van der Waals surface area (Å²) in [5.41, 5.74) is -0.323. The molecule has 1 N–H and O–H groups in total. The molecule has 2 saturated heterocycles. The van der Waals surface area contributed by atoms with E-state index in [0.717, 1.165) is 0 Å². The molecule has 1 unspecified atom stereocenters. The number of carbonyl (C=O) groups is 1. The highest BCUT2D eigenvalue weighted by Gasteiger charge is 2.46. The standard InChI is InChI=1S/C14H26N2O5S/c1-14(2)10-16(9-11(14)8-13(17)18)22(19,20)15-6-4-12(21-3)5-7-15/h11-12H,4-10H2,1-3H3,(H,17,18). The molecule has 2 aliphatic rings. The monoisotopic (exact) mass is 334 g/mol. The van der Waals surface area contributed by atoms with Gasteiger partial charge in [-0.05, 0) is 24.2 Å². The summed E-state index contributed by atoms with van der Waals surface area (Å²) >= 11 is 0. The van der Waals surface area contributed by atoms with Gasteiger partial charge < -0.3 is 9.84 Å². The van der Waals surface area contributed by atoms with Crippen molar-refractivity contribution in [3.63, 3.8) is 0 Å². The average molecular weight is 334 g/mol. The Kier molecular flexibility index (Phi) is 5.16. The summed E-state index contributed by atoms with van der Waals surface area (Å²) in [6, 6.07) is 0. The van der Waals surface area contributed by atoms with Crippen molar-refractivity contribution in [3.05, 3.63) is 0 Å². The molecule has 2 aliphatic heterocycles. The Morgan fingerprint density at radius 1 is 1.27 bits per heavy atom. The number of methoxy groups -OCH3 is 1. The minimum atomic E-state index is -3.51. The van der Waals surface area contributed by atoms with E-state index in [1.165, 1.54) is 8.61 Å². The van der Waals surface area contributed by atoms with Crippen LogP contribution in [0.25, 0.3) is 0 Å². The maximum atomic E-state index is 12.8. The highest BCUT2D eigenvalue weighted by atomic mass is 32.2. The van der Waals surface area contributed by atoms with E-state index < -0.39 is 16.2 Å². The fraction of sp³-hybridized carbons (Fsp3) is 0.929. The molecule has 0 radical (unpaired) electrons. The zero-order valence-electron chi connectivity index (χ0n) is 13.5. The highest BCUT2D eigenvalue weighted by Crippen LogP contribution is 2.39. The van der Waals surface area contributed by atoms with E-state index in [-0.39, 0.29) is 30.4 Å². The van der Waals surface area contributed by atoms with Gasteiger partial charge in [0.25, 0.3) is 10.2 Å². The number of ether oxygens (including phenoxy) is 1. The summed E-state index contributed by atoms with van der Waals surface area (Å²) in [5.74, 6) is -1.03. The lowest BCUT2D eigenvalue weighted by atomic mass is 9.80. The lowest BCUT2D eigenvalue weighted by molar-refractivity contribution is -0.138. The van der Waals surface area contributed by atoms with Crippen LogP contribution in [-0.2, 0) is 19.7 Å². The SMILES string of the molecule is COC1CCN(S(=O)(=O)N2CC(CC(=O)O)C(C)(C)C2)CC1. The fourth-order valence-electron chi connectivity index (χ4n) is 3.33. The van der Waals surface area contributed by atoms with Gasteiger partial charge in [-0.3, -0.25) is 4.79 Å². The van der Waals surface area contributed by atoms with Crippen LogP contribution < -0.4 is 0 Å². The molecule has 2 rings (SSSR count). The molecule has 7 nitrogen and oxygen atoms in total. The van der Waals surface area contributed by atoms with Crippen LogP contribution in [0.2, 0.25) is 0 Å². The van der Waals surface area contributed by atoms with Crippen molar-refractivity contribution in [2.24, 2.45) is 11.3 Å². The zero-order valence-corrected chi connectivity index (χ0v) is 14.3. The second kappa shape index (κ2) is 6.43. The normalized spacial score (nSPS) is 28.0. The van der Waals surface area contributed by atoms with Gasteiger partial charge >= 0.3 is 5.97 Å².